The molecule has 0 amide bonds. The summed E-state index contributed by atoms with van der Waals surface area (Å²) in [5, 5.41) is 3.48. The van der Waals surface area contributed by atoms with Gasteiger partial charge in [0.25, 0.3) is 0 Å². The molecule has 1 aliphatic carbocycles. The Labute approximate surface area is 107 Å². The van der Waals surface area contributed by atoms with Gasteiger partial charge >= 0.3 is 0 Å². The van der Waals surface area contributed by atoms with Gasteiger partial charge in [-0.2, -0.15) is 0 Å². The molecule has 2 fully saturated rings. The van der Waals surface area contributed by atoms with Crippen LogP contribution in [0, 0.1) is 17.8 Å². The van der Waals surface area contributed by atoms with Gasteiger partial charge in [-0.15, -0.1) is 0 Å². The van der Waals surface area contributed by atoms with Gasteiger partial charge in [-0.1, -0.05) is 33.1 Å². The predicted molar refractivity (Wildman–Crippen MR) is 74.2 cm³/mol. The summed E-state index contributed by atoms with van der Waals surface area (Å²) < 4.78 is 0. The highest BCUT2D eigenvalue weighted by molar-refractivity contribution is 4.85. The average Bonchev–Trinajstić information content (AvgIpc) is 2.35. The van der Waals surface area contributed by atoms with Crippen LogP contribution in [0.1, 0.15) is 46.0 Å². The number of likely N-dealkylation sites (tertiary alicyclic amines) is 1. The quantitative estimate of drug-likeness (QED) is 0.810. The fraction of sp³-hybridized carbons (Fsp3) is 1.00. The largest absolute Gasteiger partial charge is 0.315 e. The van der Waals surface area contributed by atoms with Crippen LogP contribution in [0.5, 0.6) is 0 Å². The van der Waals surface area contributed by atoms with Gasteiger partial charge in [0, 0.05) is 19.1 Å². The van der Waals surface area contributed by atoms with E-state index in [1.165, 1.54) is 51.7 Å². The van der Waals surface area contributed by atoms with E-state index in [9.17, 15) is 0 Å². The highest BCUT2D eigenvalue weighted by atomic mass is 15.2. The van der Waals surface area contributed by atoms with Crippen molar-refractivity contribution in [1.82, 2.24) is 10.2 Å². The first kappa shape index (κ1) is 13.4. The van der Waals surface area contributed by atoms with Crippen LogP contribution in [0.3, 0.4) is 0 Å². The summed E-state index contributed by atoms with van der Waals surface area (Å²) in [6.45, 7) is 8.61. The molecule has 2 aliphatic rings. The second-order valence-corrected chi connectivity index (χ2v) is 6.49. The van der Waals surface area contributed by atoms with Crippen molar-refractivity contribution in [2.24, 2.45) is 17.8 Å². The lowest BCUT2D eigenvalue weighted by Crippen LogP contribution is -2.48. The van der Waals surface area contributed by atoms with Crippen LogP contribution in [-0.2, 0) is 0 Å². The van der Waals surface area contributed by atoms with E-state index >= 15 is 0 Å². The van der Waals surface area contributed by atoms with Crippen LogP contribution in [0.25, 0.3) is 0 Å². The summed E-state index contributed by atoms with van der Waals surface area (Å²) in [5.74, 6) is 2.82. The Morgan fingerprint density at radius 2 is 1.82 bits per heavy atom. The van der Waals surface area contributed by atoms with Gasteiger partial charge in [-0.3, -0.25) is 0 Å². The van der Waals surface area contributed by atoms with E-state index in [0.717, 1.165) is 17.8 Å². The van der Waals surface area contributed by atoms with Gasteiger partial charge in [-0.05, 0) is 44.2 Å². The highest BCUT2D eigenvalue weighted by Crippen LogP contribution is 2.36. The van der Waals surface area contributed by atoms with Crippen LogP contribution >= 0.6 is 0 Å². The minimum atomic E-state index is 0.662. The van der Waals surface area contributed by atoms with E-state index in [4.69, 9.17) is 0 Å². The van der Waals surface area contributed by atoms with Gasteiger partial charge in [-0.25, -0.2) is 0 Å². The van der Waals surface area contributed by atoms with Gasteiger partial charge in [0.15, 0.2) is 0 Å². The Morgan fingerprint density at radius 3 is 2.47 bits per heavy atom. The van der Waals surface area contributed by atoms with Crippen LogP contribution < -0.4 is 5.32 Å². The molecule has 1 N–H and O–H groups in total. The van der Waals surface area contributed by atoms with E-state index < -0.39 is 0 Å². The van der Waals surface area contributed by atoms with Crippen molar-refractivity contribution in [2.45, 2.75) is 52.0 Å². The second-order valence-electron chi connectivity index (χ2n) is 6.49. The number of hydrogen-bond acceptors (Lipinski definition) is 2. The minimum Gasteiger partial charge on any atom is -0.315 e. The van der Waals surface area contributed by atoms with E-state index in [2.05, 4.69) is 31.1 Å². The maximum Gasteiger partial charge on any atom is 0.0214 e. The first-order valence-corrected chi connectivity index (χ1v) is 7.60. The number of nitrogens with zero attached hydrogens (tertiary/aromatic N) is 1. The summed E-state index contributed by atoms with van der Waals surface area (Å²) in [4.78, 5) is 2.72. The smallest absolute Gasteiger partial charge is 0.0214 e. The molecular formula is C15H30N2. The molecule has 3 unspecified atom stereocenters. The molecule has 1 aliphatic heterocycles. The summed E-state index contributed by atoms with van der Waals surface area (Å²) in [5.41, 5.74) is 0. The maximum atomic E-state index is 3.48. The van der Waals surface area contributed by atoms with Crippen molar-refractivity contribution < 1.29 is 0 Å². The van der Waals surface area contributed by atoms with Crippen LogP contribution in [-0.4, -0.2) is 37.6 Å². The first-order chi connectivity index (χ1) is 8.20. The number of piperidine rings is 1. The topological polar surface area (TPSA) is 15.3 Å². The maximum absolute atomic E-state index is 3.48. The van der Waals surface area contributed by atoms with E-state index in [-0.39, 0.29) is 0 Å². The standard InChI is InChI=1S/C15H30N2/c1-12(2)15(16-3)11-17-9-8-13-6-4-5-7-14(13)10-17/h12-16H,4-11H2,1-3H3. The van der Waals surface area contributed by atoms with Crippen LogP contribution in [0.15, 0.2) is 0 Å². The monoisotopic (exact) mass is 238 g/mol. The fourth-order valence-electron chi connectivity index (χ4n) is 3.76. The van der Waals surface area contributed by atoms with Crippen molar-refractivity contribution in [3.05, 3.63) is 0 Å². The second kappa shape index (κ2) is 6.19. The minimum absolute atomic E-state index is 0.662. The lowest BCUT2D eigenvalue weighted by atomic mass is 9.75. The lowest BCUT2D eigenvalue weighted by Gasteiger charge is -2.42. The number of nitrogens with one attached hydrogen (secondary N) is 1. The molecule has 2 nitrogen and oxygen atoms in total. The number of hydrogen-bond donors (Lipinski definition) is 1. The fourth-order valence-corrected chi connectivity index (χ4v) is 3.76. The molecule has 3 atom stereocenters. The molecule has 0 radical (unpaired) electrons. The van der Waals surface area contributed by atoms with Crippen LogP contribution in [0.4, 0.5) is 0 Å². The summed E-state index contributed by atoms with van der Waals surface area (Å²) in [6, 6.07) is 0.662. The van der Waals surface area contributed by atoms with E-state index in [0.29, 0.717) is 6.04 Å². The molecule has 0 spiro atoms. The Morgan fingerprint density at radius 1 is 1.12 bits per heavy atom. The zero-order chi connectivity index (χ0) is 12.3. The first-order valence-electron chi connectivity index (χ1n) is 7.60. The summed E-state index contributed by atoms with van der Waals surface area (Å²) in [7, 11) is 2.11. The third-order valence-corrected chi connectivity index (χ3v) is 5.01. The average molecular weight is 238 g/mol. The molecule has 0 aromatic rings. The Bertz CT molecular complexity index is 227. The van der Waals surface area contributed by atoms with E-state index in [1.807, 2.05) is 0 Å². The number of fused-ring (bicyclic) bond motifs is 1. The van der Waals surface area contributed by atoms with Crippen molar-refractivity contribution in [3.8, 4) is 0 Å². The summed E-state index contributed by atoms with van der Waals surface area (Å²) >= 11 is 0. The zero-order valence-corrected chi connectivity index (χ0v) is 11.9. The Hall–Kier alpha value is -0.0800. The predicted octanol–water partition coefficient (Wildman–Crippen LogP) is 2.74. The van der Waals surface area contributed by atoms with Crippen molar-refractivity contribution in [3.63, 3.8) is 0 Å². The van der Waals surface area contributed by atoms with Crippen molar-refractivity contribution >= 4 is 0 Å². The molecule has 17 heavy (non-hydrogen) atoms. The molecule has 0 aromatic heterocycles. The number of likely N-dealkylation sites (N-methyl/N-ethyl adjacent to an activating group) is 1. The van der Waals surface area contributed by atoms with Gasteiger partial charge in [0.1, 0.15) is 0 Å². The molecule has 100 valence electrons. The number of rotatable bonds is 4. The Balaban J connectivity index is 1.82. The third-order valence-electron chi connectivity index (χ3n) is 5.01. The molecular weight excluding hydrogens is 208 g/mol. The molecule has 0 aromatic carbocycles. The Kier molecular flexibility index (Phi) is 4.87. The van der Waals surface area contributed by atoms with Crippen LogP contribution in [0.2, 0.25) is 0 Å². The van der Waals surface area contributed by atoms with E-state index in [1.54, 1.807) is 0 Å². The third kappa shape index (κ3) is 3.45. The lowest BCUT2D eigenvalue weighted by molar-refractivity contribution is 0.0763. The van der Waals surface area contributed by atoms with Gasteiger partial charge in [0.2, 0.25) is 0 Å². The van der Waals surface area contributed by atoms with Gasteiger partial charge in [0.05, 0.1) is 0 Å². The van der Waals surface area contributed by atoms with Crippen molar-refractivity contribution in [1.29, 1.82) is 0 Å². The summed E-state index contributed by atoms with van der Waals surface area (Å²) in [6.07, 6.45) is 7.44. The van der Waals surface area contributed by atoms with Gasteiger partial charge < -0.3 is 10.2 Å². The molecule has 0 bridgehead atoms. The zero-order valence-electron chi connectivity index (χ0n) is 11.9. The molecule has 1 saturated carbocycles. The molecule has 2 heteroatoms. The SMILES string of the molecule is CNC(CN1CCC2CCCCC2C1)C(C)C. The molecule has 1 saturated heterocycles. The molecule has 2 rings (SSSR count). The van der Waals surface area contributed by atoms with Crippen molar-refractivity contribution in [2.75, 3.05) is 26.7 Å². The molecule has 1 heterocycles. The normalized spacial score (nSPS) is 32.5. The highest BCUT2D eigenvalue weighted by Gasteiger charge is 2.31.